The SMILES string of the molecule is COCCCC(=O)N1CC2(CCN(C/C=C/c3ccc(Cl)cc3)CC2)c2cc(F)ccc21. The lowest BCUT2D eigenvalue weighted by molar-refractivity contribution is -0.119. The van der Waals surface area contributed by atoms with Crippen LogP contribution in [-0.4, -0.2) is 50.7 Å². The first kappa shape index (κ1) is 23.0. The average Bonchev–Trinajstić information content (AvgIpc) is 3.10. The zero-order valence-corrected chi connectivity index (χ0v) is 19.3. The van der Waals surface area contributed by atoms with Crippen molar-refractivity contribution in [3.8, 4) is 0 Å². The molecule has 0 bridgehead atoms. The number of methoxy groups -OCH3 is 1. The molecule has 0 unspecified atom stereocenters. The molecule has 1 fully saturated rings. The van der Waals surface area contributed by atoms with Gasteiger partial charge in [0.25, 0.3) is 0 Å². The van der Waals surface area contributed by atoms with Gasteiger partial charge in [0.1, 0.15) is 5.82 Å². The van der Waals surface area contributed by atoms with Gasteiger partial charge in [0.2, 0.25) is 5.91 Å². The van der Waals surface area contributed by atoms with Gasteiger partial charge < -0.3 is 9.64 Å². The van der Waals surface area contributed by atoms with Crippen molar-refractivity contribution in [2.24, 2.45) is 0 Å². The van der Waals surface area contributed by atoms with E-state index in [2.05, 4.69) is 17.1 Å². The molecule has 2 aromatic rings. The highest BCUT2D eigenvalue weighted by atomic mass is 35.5. The second-order valence-corrected chi connectivity index (χ2v) is 9.21. The van der Waals surface area contributed by atoms with Crippen molar-refractivity contribution in [2.45, 2.75) is 31.1 Å². The fourth-order valence-electron chi connectivity index (χ4n) is 4.87. The van der Waals surface area contributed by atoms with E-state index >= 15 is 0 Å². The molecule has 0 aromatic heterocycles. The lowest BCUT2D eigenvalue weighted by atomic mass is 9.74. The van der Waals surface area contributed by atoms with Gasteiger partial charge in [-0.2, -0.15) is 0 Å². The van der Waals surface area contributed by atoms with Crippen LogP contribution in [0.3, 0.4) is 0 Å². The Balaban J connectivity index is 1.41. The first-order chi connectivity index (χ1) is 15.5. The Kier molecular flexibility index (Phi) is 7.29. The Morgan fingerprint density at radius 2 is 1.94 bits per heavy atom. The van der Waals surface area contributed by atoms with Crippen molar-refractivity contribution in [1.29, 1.82) is 0 Å². The summed E-state index contributed by atoms with van der Waals surface area (Å²) in [5, 5.41) is 0.739. The number of piperidine rings is 1. The summed E-state index contributed by atoms with van der Waals surface area (Å²) < 4.78 is 19.2. The van der Waals surface area contributed by atoms with Crippen LogP contribution in [0.4, 0.5) is 10.1 Å². The van der Waals surface area contributed by atoms with E-state index in [-0.39, 0.29) is 17.1 Å². The second kappa shape index (κ2) is 10.2. The van der Waals surface area contributed by atoms with E-state index < -0.39 is 0 Å². The van der Waals surface area contributed by atoms with Crippen LogP contribution in [0.25, 0.3) is 6.08 Å². The Bertz CT molecular complexity index is 968. The number of carbonyl (C=O) groups is 1. The number of ether oxygens (including phenoxy) is 1. The van der Waals surface area contributed by atoms with Crippen LogP contribution in [0.15, 0.2) is 48.5 Å². The molecule has 2 aromatic carbocycles. The lowest BCUT2D eigenvalue weighted by Crippen LogP contribution is -2.46. The topological polar surface area (TPSA) is 32.8 Å². The minimum Gasteiger partial charge on any atom is -0.385 e. The smallest absolute Gasteiger partial charge is 0.227 e. The third kappa shape index (κ3) is 5.06. The van der Waals surface area contributed by atoms with Crippen LogP contribution in [0.2, 0.25) is 5.02 Å². The third-order valence-electron chi connectivity index (χ3n) is 6.68. The van der Waals surface area contributed by atoms with E-state index in [0.717, 1.165) is 54.3 Å². The van der Waals surface area contributed by atoms with Crippen molar-refractivity contribution >= 4 is 29.3 Å². The summed E-state index contributed by atoms with van der Waals surface area (Å²) in [6.07, 6.45) is 7.27. The molecule has 4 rings (SSSR count). The average molecular weight is 457 g/mol. The largest absolute Gasteiger partial charge is 0.385 e. The van der Waals surface area contributed by atoms with Crippen LogP contribution in [0.5, 0.6) is 0 Å². The lowest BCUT2D eigenvalue weighted by Gasteiger charge is -2.39. The van der Waals surface area contributed by atoms with Gasteiger partial charge in [-0.25, -0.2) is 4.39 Å². The van der Waals surface area contributed by atoms with Gasteiger partial charge in [0.05, 0.1) is 0 Å². The van der Waals surface area contributed by atoms with Crippen molar-refractivity contribution in [3.63, 3.8) is 0 Å². The highest BCUT2D eigenvalue weighted by Crippen LogP contribution is 2.47. The van der Waals surface area contributed by atoms with Crippen molar-refractivity contribution in [1.82, 2.24) is 4.90 Å². The standard InChI is InChI=1S/C26H30ClFN2O2/c1-32-17-3-5-25(31)30-19-26(23-18-22(28)10-11-24(23)30)12-15-29(16-13-26)14-2-4-20-6-8-21(27)9-7-20/h2,4,6-11,18H,3,5,12-17,19H2,1H3/b4-2+. The van der Waals surface area contributed by atoms with Gasteiger partial charge >= 0.3 is 0 Å². The number of amides is 1. The molecule has 0 radical (unpaired) electrons. The summed E-state index contributed by atoms with van der Waals surface area (Å²) >= 11 is 5.95. The minimum absolute atomic E-state index is 0.0973. The summed E-state index contributed by atoms with van der Waals surface area (Å²) in [5.41, 5.74) is 2.84. The highest BCUT2D eigenvalue weighted by Gasteiger charge is 2.46. The molecule has 0 N–H and O–H groups in total. The van der Waals surface area contributed by atoms with Crippen LogP contribution in [-0.2, 0) is 14.9 Å². The van der Waals surface area contributed by atoms with Crippen LogP contribution < -0.4 is 4.90 Å². The minimum atomic E-state index is -0.231. The maximum absolute atomic E-state index is 14.2. The van der Waals surface area contributed by atoms with E-state index in [9.17, 15) is 9.18 Å². The number of hydrogen-bond donors (Lipinski definition) is 0. The molecule has 32 heavy (non-hydrogen) atoms. The van der Waals surface area contributed by atoms with Gasteiger partial charge in [-0.3, -0.25) is 9.69 Å². The summed E-state index contributed by atoms with van der Waals surface area (Å²) in [4.78, 5) is 17.2. The van der Waals surface area contributed by atoms with Gasteiger partial charge in [-0.15, -0.1) is 0 Å². The Morgan fingerprint density at radius 3 is 2.66 bits per heavy atom. The molecule has 1 spiro atoms. The number of likely N-dealkylation sites (tertiary alicyclic amines) is 1. The van der Waals surface area contributed by atoms with E-state index in [1.165, 1.54) is 6.07 Å². The van der Waals surface area contributed by atoms with Crippen LogP contribution >= 0.6 is 11.6 Å². The first-order valence-electron chi connectivity index (χ1n) is 11.2. The molecule has 2 aliphatic rings. The number of benzene rings is 2. The summed E-state index contributed by atoms with van der Waals surface area (Å²) in [7, 11) is 1.64. The fraction of sp³-hybridized carbons (Fsp3) is 0.423. The number of fused-ring (bicyclic) bond motifs is 2. The molecule has 2 heterocycles. The normalized spacial score (nSPS) is 17.9. The molecule has 1 saturated heterocycles. The molecule has 6 heteroatoms. The third-order valence-corrected chi connectivity index (χ3v) is 6.93. The number of carbonyl (C=O) groups excluding carboxylic acids is 1. The number of anilines is 1. The molecular formula is C26H30ClFN2O2. The Morgan fingerprint density at radius 1 is 1.19 bits per heavy atom. The van der Waals surface area contributed by atoms with E-state index in [0.29, 0.717) is 26.0 Å². The zero-order valence-electron chi connectivity index (χ0n) is 18.5. The van der Waals surface area contributed by atoms with E-state index in [1.54, 1.807) is 19.2 Å². The zero-order chi connectivity index (χ0) is 22.6. The maximum atomic E-state index is 14.2. The highest BCUT2D eigenvalue weighted by molar-refractivity contribution is 6.30. The van der Waals surface area contributed by atoms with Crippen molar-refractivity contribution in [3.05, 3.63) is 70.5 Å². The monoisotopic (exact) mass is 456 g/mol. The molecule has 170 valence electrons. The molecule has 0 atom stereocenters. The summed E-state index contributed by atoms with van der Waals surface area (Å²) in [6.45, 7) is 3.93. The number of rotatable bonds is 7. The summed E-state index contributed by atoms with van der Waals surface area (Å²) in [6, 6.07) is 12.7. The number of halogens is 2. The van der Waals surface area contributed by atoms with Gasteiger partial charge in [-0.05, 0) is 73.8 Å². The second-order valence-electron chi connectivity index (χ2n) is 8.77. The van der Waals surface area contributed by atoms with E-state index in [1.807, 2.05) is 29.2 Å². The molecule has 2 aliphatic heterocycles. The quantitative estimate of drug-likeness (QED) is 0.530. The van der Waals surface area contributed by atoms with Crippen LogP contribution in [0, 0.1) is 5.82 Å². The molecular weight excluding hydrogens is 427 g/mol. The molecule has 1 amide bonds. The predicted octanol–water partition coefficient (Wildman–Crippen LogP) is 5.30. The predicted molar refractivity (Wildman–Crippen MR) is 128 cm³/mol. The van der Waals surface area contributed by atoms with Gasteiger partial charge in [-0.1, -0.05) is 35.9 Å². The molecule has 0 saturated carbocycles. The van der Waals surface area contributed by atoms with Crippen LogP contribution in [0.1, 0.15) is 36.8 Å². The fourth-order valence-corrected chi connectivity index (χ4v) is 5.00. The Labute approximate surface area is 194 Å². The number of hydrogen-bond acceptors (Lipinski definition) is 3. The Hall–Kier alpha value is -2.21. The van der Waals surface area contributed by atoms with Gasteiger partial charge in [0.15, 0.2) is 0 Å². The van der Waals surface area contributed by atoms with Crippen molar-refractivity contribution < 1.29 is 13.9 Å². The van der Waals surface area contributed by atoms with E-state index in [4.69, 9.17) is 16.3 Å². The summed E-state index contributed by atoms with van der Waals surface area (Å²) in [5.74, 6) is -0.134. The van der Waals surface area contributed by atoms with Gasteiger partial charge in [0, 0.05) is 49.4 Å². The maximum Gasteiger partial charge on any atom is 0.227 e. The molecule has 0 aliphatic carbocycles. The number of nitrogens with zero attached hydrogens (tertiary/aromatic N) is 2. The van der Waals surface area contributed by atoms with Crippen molar-refractivity contribution in [2.75, 3.05) is 44.8 Å². The molecule has 4 nitrogen and oxygen atoms in total. The first-order valence-corrected chi connectivity index (χ1v) is 11.6.